The molecule has 0 radical (unpaired) electrons. The van der Waals surface area contributed by atoms with Crippen LogP contribution in [-0.2, 0) is 7.05 Å². The zero-order chi connectivity index (χ0) is 12.4. The number of aryl methyl sites for hydroxylation is 2. The Morgan fingerprint density at radius 2 is 2.12 bits per heavy atom. The summed E-state index contributed by atoms with van der Waals surface area (Å²) < 4.78 is 7.02. The third kappa shape index (κ3) is 2.50. The highest BCUT2D eigenvalue weighted by Crippen LogP contribution is 2.22. The van der Waals surface area contributed by atoms with Crippen LogP contribution in [0.25, 0.3) is 0 Å². The molecule has 0 amide bonds. The number of carbonyl (C=O) groups is 1. The number of aromatic nitrogens is 1. The summed E-state index contributed by atoms with van der Waals surface area (Å²) in [5.74, 6) is 0.156. The quantitative estimate of drug-likeness (QED) is 0.605. The van der Waals surface area contributed by atoms with Crippen molar-refractivity contribution in [3.63, 3.8) is 0 Å². The standard InChI is InChI=1S/C13H12ClNO2/c1-9-8-10(14)5-6-12(9)17-13(16)11-4-3-7-15(11)2/h3-8H,1-2H3. The largest absolute Gasteiger partial charge is 0.422 e. The molecule has 0 aliphatic carbocycles. The van der Waals surface area contributed by atoms with Gasteiger partial charge in [-0.3, -0.25) is 0 Å². The Bertz CT molecular complexity index is 560. The fourth-order valence-electron chi connectivity index (χ4n) is 1.55. The molecule has 3 nitrogen and oxygen atoms in total. The molecule has 1 aromatic heterocycles. The Hall–Kier alpha value is -1.74. The molecule has 17 heavy (non-hydrogen) atoms. The summed E-state index contributed by atoms with van der Waals surface area (Å²) in [7, 11) is 1.80. The van der Waals surface area contributed by atoms with E-state index >= 15 is 0 Å². The fraction of sp³-hybridized carbons (Fsp3) is 0.154. The molecule has 0 unspecified atom stereocenters. The summed E-state index contributed by atoms with van der Waals surface area (Å²) in [4.78, 5) is 11.9. The van der Waals surface area contributed by atoms with Gasteiger partial charge in [0.25, 0.3) is 0 Å². The molecule has 0 N–H and O–H groups in total. The van der Waals surface area contributed by atoms with Crippen LogP contribution in [0.4, 0.5) is 0 Å². The van der Waals surface area contributed by atoms with Crippen molar-refractivity contribution < 1.29 is 9.53 Å². The van der Waals surface area contributed by atoms with Crippen molar-refractivity contribution in [1.82, 2.24) is 4.57 Å². The predicted molar refractivity (Wildman–Crippen MR) is 66.6 cm³/mol. The lowest BCUT2D eigenvalue weighted by Gasteiger charge is -2.08. The van der Waals surface area contributed by atoms with E-state index in [-0.39, 0.29) is 5.97 Å². The van der Waals surface area contributed by atoms with Gasteiger partial charge in [-0.1, -0.05) is 11.6 Å². The van der Waals surface area contributed by atoms with E-state index in [0.717, 1.165) is 5.56 Å². The number of esters is 1. The molecular formula is C13H12ClNO2. The van der Waals surface area contributed by atoms with E-state index in [1.165, 1.54) is 0 Å². The molecule has 2 aromatic rings. The SMILES string of the molecule is Cc1cc(Cl)ccc1OC(=O)c1cccn1C. The molecule has 1 aromatic carbocycles. The zero-order valence-corrected chi connectivity index (χ0v) is 10.4. The van der Waals surface area contributed by atoms with E-state index in [1.807, 2.05) is 6.92 Å². The molecule has 0 spiro atoms. The van der Waals surface area contributed by atoms with Crippen LogP contribution in [0.3, 0.4) is 0 Å². The lowest BCUT2D eigenvalue weighted by molar-refractivity contribution is 0.0723. The van der Waals surface area contributed by atoms with E-state index < -0.39 is 0 Å². The molecule has 88 valence electrons. The molecule has 0 bridgehead atoms. The van der Waals surface area contributed by atoms with Crippen LogP contribution < -0.4 is 4.74 Å². The molecule has 2 rings (SSSR count). The van der Waals surface area contributed by atoms with Gasteiger partial charge in [-0.2, -0.15) is 0 Å². The van der Waals surface area contributed by atoms with Crippen molar-refractivity contribution in [2.45, 2.75) is 6.92 Å². The molecular weight excluding hydrogens is 238 g/mol. The van der Waals surface area contributed by atoms with E-state index in [9.17, 15) is 4.79 Å². The summed E-state index contributed by atoms with van der Waals surface area (Å²) in [6, 6.07) is 8.66. The van der Waals surface area contributed by atoms with Crippen molar-refractivity contribution in [3.8, 4) is 5.75 Å². The maximum Gasteiger partial charge on any atom is 0.360 e. The van der Waals surface area contributed by atoms with E-state index in [4.69, 9.17) is 16.3 Å². The maximum atomic E-state index is 11.9. The molecule has 0 fully saturated rings. The number of benzene rings is 1. The van der Waals surface area contributed by atoms with Crippen LogP contribution in [0.1, 0.15) is 16.1 Å². The second-order valence-corrected chi connectivity index (χ2v) is 4.24. The summed E-state index contributed by atoms with van der Waals surface area (Å²) >= 11 is 5.83. The third-order valence-corrected chi connectivity index (χ3v) is 2.73. The Morgan fingerprint density at radius 3 is 2.71 bits per heavy atom. The molecule has 4 heteroatoms. The van der Waals surface area contributed by atoms with Crippen LogP contribution in [0.5, 0.6) is 5.75 Å². The summed E-state index contributed by atoms with van der Waals surface area (Å²) in [5, 5.41) is 0.626. The number of halogens is 1. The molecule has 0 aliphatic heterocycles. The van der Waals surface area contributed by atoms with Gasteiger partial charge in [-0.15, -0.1) is 0 Å². The van der Waals surface area contributed by atoms with Gasteiger partial charge >= 0.3 is 5.97 Å². The van der Waals surface area contributed by atoms with Gasteiger partial charge in [0.05, 0.1) is 0 Å². The fourth-order valence-corrected chi connectivity index (χ4v) is 1.78. The van der Waals surface area contributed by atoms with E-state index in [1.54, 1.807) is 48.1 Å². The summed E-state index contributed by atoms with van der Waals surface area (Å²) in [6.07, 6.45) is 1.80. The monoisotopic (exact) mass is 249 g/mol. The summed E-state index contributed by atoms with van der Waals surface area (Å²) in [6.45, 7) is 1.85. The van der Waals surface area contributed by atoms with Crippen molar-refractivity contribution in [3.05, 3.63) is 52.8 Å². The zero-order valence-electron chi connectivity index (χ0n) is 9.61. The molecule has 0 saturated heterocycles. The minimum Gasteiger partial charge on any atom is -0.422 e. The normalized spacial score (nSPS) is 10.3. The van der Waals surface area contributed by atoms with Crippen molar-refractivity contribution >= 4 is 17.6 Å². The van der Waals surface area contributed by atoms with Crippen LogP contribution in [0, 0.1) is 6.92 Å². The first-order valence-electron chi connectivity index (χ1n) is 5.17. The first kappa shape index (κ1) is 11.7. The molecule has 0 saturated carbocycles. The van der Waals surface area contributed by atoms with Gasteiger partial charge in [-0.25, -0.2) is 4.79 Å². The van der Waals surface area contributed by atoms with Crippen LogP contribution in [0.2, 0.25) is 5.02 Å². The van der Waals surface area contributed by atoms with E-state index in [0.29, 0.717) is 16.5 Å². The Kier molecular flexibility index (Phi) is 3.20. The molecule has 0 aliphatic rings. The van der Waals surface area contributed by atoms with Crippen LogP contribution >= 0.6 is 11.6 Å². The minimum absolute atomic E-state index is 0.372. The highest BCUT2D eigenvalue weighted by atomic mass is 35.5. The Balaban J connectivity index is 2.22. The molecule has 1 heterocycles. The second kappa shape index (κ2) is 4.63. The van der Waals surface area contributed by atoms with Gasteiger partial charge in [0, 0.05) is 18.3 Å². The Morgan fingerprint density at radius 1 is 1.35 bits per heavy atom. The number of hydrogen-bond donors (Lipinski definition) is 0. The minimum atomic E-state index is -0.372. The van der Waals surface area contributed by atoms with Crippen molar-refractivity contribution in [2.24, 2.45) is 7.05 Å². The highest BCUT2D eigenvalue weighted by Gasteiger charge is 2.12. The predicted octanol–water partition coefficient (Wildman–Crippen LogP) is 3.21. The lowest BCUT2D eigenvalue weighted by atomic mass is 10.2. The Labute approximate surface area is 105 Å². The number of ether oxygens (including phenoxy) is 1. The first-order valence-corrected chi connectivity index (χ1v) is 5.55. The van der Waals surface area contributed by atoms with Gasteiger partial charge < -0.3 is 9.30 Å². The first-order chi connectivity index (χ1) is 8.08. The number of rotatable bonds is 2. The van der Waals surface area contributed by atoms with Gasteiger partial charge in [0.15, 0.2) is 0 Å². The van der Waals surface area contributed by atoms with E-state index in [2.05, 4.69) is 0 Å². The van der Waals surface area contributed by atoms with Gasteiger partial charge in [0.1, 0.15) is 11.4 Å². The average Bonchev–Trinajstić information content (AvgIpc) is 2.68. The van der Waals surface area contributed by atoms with Crippen molar-refractivity contribution in [1.29, 1.82) is 0 Å². The average molecular weight is 250 g/mol. The lowest BCUT2D eigenvalue weighted by Crippen LogP contribution is -2.13. The number of carbonyl (C=O) groups excluding carboxylic acids is 1. The van der Waals surface area contributed by atoms with Crippen molar-refractivity contribution in [2.75, 3.05) is 0 Å². The second-order valence-electron chi connectivity index (χ2n) is 3.80. The summed E-state index contributed by atoms with van der Waals surface area (Å²) in [5.41, 5.74) is 1.35. The van der Waals surface area contributed by atoms with Gasteiger partial charge in [-0.05, 0) is 42.8 Å². The molecule has 0 atom stereocenters. The topological polar surface area (TPSA) is 31.2 Å². The third-order valence-electron chi connectivity index (χ3n) is 2.49. The van der Waals surface area contributed by atoms with Crippen LogP contribution in [-0.4, -0.2) is 10.5 Å². The number of hydrogen-bond acceptors (Lipinski definition) is 2. The number of nitrogens with zero attached hydrogens (tertiary/aromatic N) is 1. The maximum absolute atomic E-state index is 11.9. The van der Waals surface area contributed by atoms with Gasteiger partial charge in [0.2, 0.25) is 0 Å². The highest BCUT2D eigenvalue weighted by molar-refractivity contribution is 6.30. The smallest absolute Gasteiger partial charge is 0.360 e. The van der Waals surface area contributed by atoms with Crippen LogP contribution in [0.15, 0.2) is 36.5 Å².